The van der Waals surface area contributed by atoms with Gasteiger partial charge >= 0.3 is 0 Å². The first-order valence-corrected chi connectivity index (χ1v) is 7.79. The van der Waals surface area contributed by atoms with Gasteiger partial charge in [0.2, 0.25) is 5.13 Å². The van der Waals surface area contributed by atoms with Crippen molar-refractivity contribution >= 4 is 28.4 Å². The van der Waals surface area contributed by atoms with Crippen molar-refractivity contribution in [3.63, 3.8) is 0 Å². The number of aromatic nitrogens is 1. The van der Waals surface area contributed by atoms with E-state index < -0.39 is 4.92 Å². The van der Waals surface area contributed by atoms with Crippen LogP contribution in [0.5, 0.6) is 5.75 Å². The van der Waals surface area contributed by atoms with Gasteiger partial charge in [0, 0.05) is 28.6 Å². The topological polar surface area (TPSA) is 101 Å². The molecule has 0 aliphatic rings. The summed E-state index contributed by atoms with van der Waals surface area (Å²) >= 11 is 1.33. The standard InChI is InChI=1S/C16H12N4O3S/c21-15-7-2-1-4-12(15)9-17-19-16-18-14(10-24-16)11-5-3-6-13(8-11)20(22)23/h1-10,21H,(H,18,19). The Hall–Kier alpha value is -3.26. The fourth-order valence-corrected chi connectivity index (χ4v) is 2.66. The van der Waals surface area contributed by atoms with Crippen molar-refractivity contribution in [2.75, 3.05) is 5.43 Å². The quantitative estimate of drug-likeness (QED) is 0.417. The van der Waals surface area contributed by atoms with Crippen LogP contribution in [0.3, 0.4) is 0 Å². The van der Waals surface area contributed by atoms with E-state index in [1.807, 2.05) is 0 Å². The summed E-state index contributed by atoms with van der Waals surface area (Å²) in [5.41, 5.74) is 4.68. The molecule has 0 unspecified atom stereocenters. The molecule has 2 aromatic carbocycles. The number of para-hydroxylation sites is 1. The van der Waals surface area contributed by atoms with E-state index in [1.54, 1.807) is 41.8 Å². The maximum atomic E-state index is 10.8. The number of nitro benzene ring substituents is 1. The Morgan fingerprint density at radius 2 is 2.08 bits per heavy atom. The lowest BCUT2D eigenvalue weighted by atomic mass is 10.1. The third-order valence-corrected chi connectivity index (χ3v) is 3.90. The molecule has 2 N–H and O–H groups in total. The highest BCUT2D eigenvalue weighted by molar-refractivity contribution is 7.14. The Labute approximate surface area is 141 Å². The van der Waals surface area contributed by atoms with E-state index in [1.165, 1.54) is 29.7 Å². The van der Waals surface area contributed by atoms with Crippen LogP contribution in [0, 0.1) is 10.1 Å². The van der Waals surface area contributed by atoms with Crippen LogP contribution in [0.2, 0.25) is 0 Å². The van der Waals surface area contributed by atoms with Gasteiger partial charge in [-0.15, -0.1) is 11.3 Å². The van der Waals surface area contributed by atoms with Gasteiger partial charge in [-0.2, -0.15) is 5.10 Å². The molecular weight excluding hydrogens is 328 g/mol. The van der Waals surface area contributed by atoms with Crippen molar-refractivity contribution in [2.24, 2.45) is 5.10 Å². The molecule has 0 fully saturated rings. The number of aromatic hydroxyl groups is 1. The van der Waals surface area contributed by atoms with Crippen molar-refractivity contribution in [1.82, 2.24) is 4.98 Å². The number of benzene rings is 2. The van der Waals surface area contributed by atoms with Crippen molar-refractivity contribution in [3.05, 3.63) is 69.6 Å². The summed E-state index contributed by atoms with van der Waals surface area (Å²) in [6.45, 7) is 0. The fraction of sp³-hybridized carbons (Fsp3) is 0. The summed E-state index contributed by atoms with van der Waals surface area (Å²) < 4.78 is 0. The van der Waals surface area contributed by atoms with Crippen LogP contribution >= 0.6 is 11.3 Å². The summed E-state index contributed by atoms with van der Waals surface area (Å²) in [4.78, 5) is 14.7. The summed E-state index contributed by atoms with van der Waals surface area (Å²) in [6.07, 6.45) is 1.49. The van der Waals surface area contributed by atoms with Gasteiger partial charge in [0.1, 0.15) is 5.75 Å². The second-order valence-electron chi connectivity index (χ2n) is 4.77. The van der Waals surface area contributed by atoms with Gasteiger partial charge in [-0.3, -0.25) is 15.5 Å². The van der Waals surface area contributed by atoms with Gasteiger partial charge in [-0.1, -0.05) is 24.3 Å². The molecular formula is C16H12N4O3S. The van der Waals surface area contributed by atoms with Crippen LogP contribution in [0.15, 0.2) is 59.0 Å². The first-order valence-electron chi connectivity index (χ1n) is 6.91. The molecule has 0 saturated carbocycles. The van der Waals surface area contributed by atoms with Crippen molar-refractivity contribution < 1.29 is 10.0 Å². The van der Waals surface area contributed by atoms with Crippen LogP contribution in [-0.2, 0) is 0 Å². The number of phenols is 1. The van der Waals surface area contributed by atoms with Crippen LogP contribution in [-0.4, -0.2) is 21.2 Å². The fourth-order valence-electron chi connectivity index (χ4n) is 1.99. The van der Waals surface area contributed by atoms with Crippen molar-refractivity contribution in [3.8, 4) is 17.0 Å². The molecule has 3 rings (SSSR count). The van der Waals surface area contributed by atoms with E-state index in [9.17, 15) is 15.2 Å². The summed E-state index contributed by atoms with van der Waals surface area (Å²) in [6, 6.07) is 13.1. The minimum atomic E-state index is -0.439. The van der Waals surface area contributed by atoms with Gasteiger partial charge in [0.05, 0.1) is 16.8 Å². The Kier molecular flexibility index (Phi) is 4.48. The number of rotatable bonds is 5. The van der Waals surface area contributed by atoms with Crippen molar-refractivity contribution in [1.29, 1.82) is 0 Å². The Bertz CT molecular complexity index is 908. The number of non-ortho nitro benzene ring substituents is 1. The van der Waals surface area contributed by atoms with Crippen molar-refractivity contribution in [2.45, 2.75) is 0 Å². The zero-order valence-electron chi connectivity index (χ0n) is 12.3. The SMILES string of the molecule is O=[N+]([O-])c1cccc(-c2csc(NN=Cc3ccccc3O)n2)c1. The molecule has 0 amide bonds. The third-order valence-electron chi connectivity index (χ3n) is 3.16. The highest BCUT2D eigenvalue weighted by Gasteiger charge is 2.09. The largest absolute Gasteiger partial charge is 0.507 e. The maximum absolute atomic E-state index is 10.8. The number of phenolic OH excluding ortho intramolecular Hbond substituents is 1. The normalized spacial score (nSPS) is 10.8. The number of thiazole rings is 1. The van der Waals surface area contributed by atoms with Gasteiger partial charge in [-0.25, -0.2) is 4.98 Å². The number of hydrogen-bond acceptors (Lipinski definition) is 7. The smallest absolute Gasteiger partial charge is 0.270 e. The number of hydrazone groups is 1. The molecule has 120 valence electrons. The Morgan fingerprint density at radius 3 is 2.88 bits per heavy atom. The molecule has 0 radical (unpaired) electrons. The second-order valence-corrected chi connectivity index (χ2v) is 5.63. The van der Waals surface area contributed by atoms with Crippen LogP contribution in [0.1, 0.15) is 5.56 Å². The average molecular weight is 340 g/mol. The van der Waals surface area contributed by atoms with Crippen LogP contribution < -0.4 is 5.43 Å². The molecule has 7 nitrogen and oxygen atoms in total. The van der Waals surface area contributed by atoms with Crippen LogP contribution in [0.4, 0.5) is 10.8 Å². The lowest BCUT2D eigenvalue weighted by Gasteiger charge is -1.98. The highest BCUT2D eigenvalue weighted by atomic mass is 32.1. The highest BCUT2D eigenvalue weighted by Crippen LogP contribution is 2.27. The Balaban J connectivity index is 1.73. The van der Waals surface area contributed by atoms with E-state index in [2.05, 4.69) is 15.5 Å². The van der Waals surface area contributed by atoms with E-state index >= 15 is 0 Å². The maximum Gasteiger partial charge on any atom is 0.270 e. The van der Waals surface area contributed by atoms with Gasteiger partial charge in [-0.05, 0) is 12.1 Å². The minimum absolute atomic E-state index is 0.0209. The van der Waals surface area contributed by atoms with E-state index in [-0.39, 0.29) is 11.4 Å². The zero-order valence-corrected chi connectivity index (χ0v) is 13.1. The molecule has 3 aromatic rings. The second kappa shape index (κ2) is 6.88. The van der Waals surface area contributed by atoms with E-state index in [0.29, 0.717) is 22.0 Å². The van der Waals surface area contributed by atoms with Gasteiger partial charge < -0.3 is 5.11 Å². The van der Waals surface area contributed by atoms with Gasteiger partial charge in [0.15, 0.2) is 0 Å². The summed E-state index contributed by atoms with van der Waals surface area (Å²) in [5, 5.41) is 26.8. The predicted octanol–water partition coefficient (Wildman–Crippen LogP) is 3.87. The first kappa shape index (κ1) is 15.6. The van der Waals surface area contributed by atoms with E-state index in [4.69, 9.17) is 0 Å². The molecule has 8 heteroatoms. The molecule has 24 heavy (non-hydrogen) atoms. The molecule has 0 saturated heterocycles. The zero-order chi connectivity index (χ0) is 16.9. The monoisotopic (exact) mass is 340 g/mol. The molecule has 0 aliphatic carbocycles. The Morgan fingerprint density at radius 1 is 1.25 bits per heavy atom. The molecule has 0 spiro atoms. The first-order chi connectivity index (χ1) is 11.6. The number of hydrogen-bond donors (Lipinski definition) is 2. The number of nitro groups is 1. The molecule has 1 aromatic heterocycles. The number of nitrogens with zero attached hydrogens (tertiary/aromatic N) is 3. The lowest BCUT2D eigenvalue weighted by molar-refractivity contribution is -0.384. The lowest BCUT2D eigenvalue weighted by Crippen LogP contribution is -1.91. The van der Waals surface area contributed by atoms with E-state index in [0.717, 1.165) is 0 Å². The summed E-state index contributed by atoms with van der Waals surface area (Å²) in [7, 11) is 0. The third kappa shape index (κ3) is 3.55. The minimum Gasteiger partial charge on any atom is -0.507 e. The average Bonchev–Trinajstić information content (AvgIpc) is 3.06. The predicted molar refractivity (Wildman–Crippen MR) is 93.5 cm³/mol. The molecule has 0 atom stereocenters. The number of anilines is 1. The summed E-state index contributed by atoms with van der Waals surface area (Å²) in [5.74, 6) is 0.138. The molecule has 0 aliphatic heterocycles. The molecule has 1 heterocycles. The van der Waals surface area contributed by atoms with Crippen LogP contribution in [0.25, 0.3) is 11.3 Å². The number of nitrogens with one attached hydrogen (secondary N) is 1. The molecule has 0 bridgehead atoms. The van der Waals surface area contributed by atoms with Gasteiger partial charge in [0.25, 0.3) is 5.69 Å².